The van der Waals surface area contributed by atoms with Crippen molar-refractivity contribution in [3.63, 3.8) is 0 Å². The van der Waals surface area contributed by atoms with E-state index in [0.717, 1.165) is 16.8 Å². The molecule has 0 atom stereocenters. The first kappa shape index (κ1) is 13.9. The van der Waals surface area contributed by atoms with Gasteiger partial charge >= 0.3 is 0 Å². The first-order chi connectivity index (χ1) is 9.45. The fourth-order valence-electron chi connectivity index (χ4n) is 1.56. The molecule has 0 saturated carbocycles. The number of hydrogen-bond donors (Lipinski definition) is 3. The van der Waals surface area contributed by atoms with E-state index < -0.39 is 17.0 Å². The van der Waals surface area contributed by atoms with Gasteiger partial charge in [0.2, 0.25) is 5.91 Å². The Morgan fingerprint density at radius 2 is 2.05 bits per heavy atom. The van der Waals surface area contributed by atoms with Crippen LogP contribution in [0.2, 0.25) is 5.02 Å². The second-order valence-corrected chi connectivity index (χ2v) is 4.45. The van der Waals surface area contributed by atoms with Gasteiger partial charge in [-0.25, -0.2) is 4.68 Å². The molecular formula is C12H11ClN4O3. The number of halogens is 1. The van der Waals surface area contributed by atoms with Crippen molar-refractivity contribution in [2.45, 2.75) is 6.54 Å². The molecule has 1 aromatic carbocycles. The minimum absolute atomic E-state index is 0.305. The van der Waals surface area contributed by atoms with Crippen LogP contribution in [-0.4, -0.2) is 15.7 Å². The Balaban J connectivity index is 2.15. The maximum Gasteiger partial charge on any atom is 0.265 e. The summed E-state index contributed by atoms with van der Waals surface area (Å²) >= 11 is 5.74. The van der Waals surface area contributed by atoms with E-state index in [1.807, 2.05) is 0 Å². The van der Waals surface area contributed by atoms with Gasteiger partial charge in [0.15, 0.2) is 0 Å². The van der Waals surface area contributed by atoms with Gasteiger partial charge in [-0.2, -0.15) is 0 Å². The average molecular weight is 295 g/mol. The molecule has 0 fully saturated rings. The lowest BCUT2D eigenvalue weighted by Crippen LogP contribution is -2.32. The van der Waals surface area contributed by atoms with E-state index >= 15 is 0 Å². The van der Waals surface area contributed by atoms with Gasteiger partial charge in [-0.3, -0.25) is 19.5 Å². The first-order valence-electron chi connectivity index (χ1n) is 5.61. The molecule has 1 aromatic heterocycles. The predicted octanol–water partition coefficient (Wildman–Crippen LogP) is 0.411. The van der Waals surface area contributed by atoms with Crippen LogP contribution in [0.15, 0.2) is 39.9 Å². The van der Waals surface area contributed by atoms with Crippen LogP contribution in [0.4, 0.5) is 11.4 Å². The third-order valence-corrected chi connectivity index (χ3v) is 2.71. The highest BCUT2D eigenvalue weighted by Gasteiger charge is 2.08. The average Bonchev–Trinajstić information content (AvgIpc) is 2.37. The minimum Gasteiger partial charge on any atom is -0.397 e. The number of aromatic amines is 1. The van der Waals surface area contributed by atoms with Crippen molar-refractivity contribution in [2.75, 3.05) is 11.1 Å². The number of aromatic nitrogens is 2. The van der Waals surface area contributed by atoms with Crippen molar-refractivity contribution < 1.29 is 4.79 Å². The standard InChI is InChI=1S/C12H11ClN4O3/c13-7-1-2-9(8(14)5-7)15-11(19)6-17-12(20)4-3-10(18)16-17/h1-5H,6,14H2,(H,15,19)(H,16,18). The molecule has 1 amide bonds. The fourth-order valence-corrected chi connectivity index (χ4v) is 1.74. The van der Waals surface area contributed by atoms with E-state index in [-0.39, 0.29) is 6.54 Å². The Bertz CT molecular complexity index is 766. The third kappa shape index (κ3) is 3.27. The molecule has 0 saturated heterocycles. The number of nitrogens with two attached hydrogens (primary N) is 1. The molecule has 7 nitrogen and oxygen atoms in total. The topological polar surface area (TPSA) is 110 Å². The molecule has 8 heteroatoms. The number of nitrogens with one attached hydrogen (secondary N) is 2. The van der Waals surface area contributed by atoms with Crippen molar-refractivity contribution >= 4 is 28.9 Å². The lowest BCUT2D eigenvalue weighted by Gasteiger charge is -2.09. The van der Waals surface area contributed by atoms with Crippen LogP contribution >= 0.6 is 11.6 Å². The van der Waals surface area contributed by atoms with Crippen molar-refractivity contribution in [3.05, 3.63) is 56.1 Å². The molecule has 0 unspecified atom stereocenters. The molecule has 0 radical (unpaired) electrons. The quantitative estimate of drug-likeness (QED) is 0.712. The summed E-state index contributed by atoms with van der Waals surface area (Å²) in [7, 11) is 0. The molecule has 1 heterocycles. The van der Waals surface area contributed by atoms with Crippen LogP contribution in [0.3, 0.4) is 0 Å². The SMILES string of the molecule is Nc1cc(Cl)ccc1NC(=O)Cn1[nH]c(=O)ccc1=O. The molecule has 2 rings (SSSR count). The Hall–Kier alpha value is -2.54. The first-order valence-corrected chi connectivity index (χ1v) is 5.98. The number of H-pyrrole nitrogens is 1. The molecule has 0 spiro atoms. The summed E-state index contributed by atoms with van der Waals surface area (Å²) in [5.41, 5.74) is 5.43. The van der Waals surface area contributed by atoms with Gasteiger partial charge in [-0.1, -0.05) is 11.6 Å². The van der Waals surface area contributed by atoms with Crippen molar-refractivity contribution in [2.24, 2.45) is 0 Å². The minimum atomic E-state index is -0.497. The summed E-state index contributed by atoms with van der Waals surface area (Å²) in [6.07, 6.45) is 0. The molecule has 0 bridgehead atoms. The van der Waals surface area contributed by atoms with E-state index in [1.165, 1.54) is 6.07 Å². The van der Waals surface area contributed by atoms with E-state index in [9.17, 15) is 14.4 Å². The van der Waals surface area contributed by atoms with E-state index in [4.69, 9.17) is 17.3 Å². The van der Waals surface area contributed by atoms with Gasteiger partial charge in [-0.05, 0) is 18.2 Å². The lowest BCUT2D eigenvalue weighted by molar-refractivity contribution is -0.117. The number of hydrogen-bond acceptors (Lipinski definition) is 4. The molecule has 104 valence electrons. The zero-order chi connectivity index (χ0) is 14.7. The molecule has 4 N–H and O–H groups in total. The number of benzene rings is 1. The number of carbonyl (C=O) groups excluding carboxylic acids is 1. The van der Waals surface area contributed by atoms with Gasteiger partial charge in [0.1, 0.15) is 6.54 Å². The highest BCUT2D eigenvalue weighted by Crippen LogP contribution is 2.22. The van der Waals surface area contributed by atoms with Crippen LogP contribution in [0.5, 0.6) is 0 Å². The Morgan fingerprint density at radius 3 is 2.75 bits per heavy atom. The summed E-state index contributed by atoms with van der Waals surface area (Å²) in [5.74, 6) is -0.497. The Kier molecular flexibility index (Phi) is 3.90. The molecular weight excluding hydrogens is 284 g/mol. The Labute approximate surface area is 118 Å². The highest BCUT2D eigenvalue weighted by molar-refractivity contribution is 6.31. The van der Waals surface area contributed by atoms with Crippen molar-refractivity contribution in [3.8, 4) is 0 Å². The zero-order valence-corrected chi connectivity index (χ0v) is 11.0. The van der Waals surface area contributed by atoms with Crippen LogP contribution in [0.25, 0.3) is 0 Å². The lowest BCUT2D eigenvalue weighted by atomic mass is 10.2. The summed E-state index contributed by atoms with van der Waals surface area (Å²) < 4.78 is 0.907. The molecule has 2 aromatic rings. The van der Waals surface area contributed by atoms with Crippen molar-refractivity contribution in [1.82, 2.24) is 9.78 Å². The van der Waals surface area contributed by atoms with Gasteiger partial charge in [0, 0.05) is 17.2 Å². The maximum atomic E-state index is 11.8. The summed E-state index contributed by atoms with van der Waals surface area (Å²) in [6, 6.07) is 6.79. The maximum absolute atomic E-state index is 11.8. The molecule has 20 heavy (non-hydrogen) atoms. The predicted molar refractivity (Wildman–Crippen MR) is 75.8 cm³/mol. The molecule has 0 aliphatic carbocycles. The van der Waals surface area contributed by atoms with Gasteiger partial charge in [0.25, 0.3) is 11.1 Å². The number of amides is 1. The normalized spacial score (nSPS) is 10.2. The van der Waals surface area contributed by atoms with E-state index in [0.29, 0.717) is 16.4 Å². The number of carbonyl (C=O) groups is 1. The largest absolute Gasteiger partial charge is 0.397 e. The smallest absolute Gasteiger partial charge is 0.265 e. The van der Waals surface area contributed by atoms with Gasteiger partial charge < -0.3 is 11.1 Å². The number of rotatable bonds is 3. The van der Waals surface area contributed by atoms with Crippen LogP contribution in [-0.2, 0) is 11.3 Å². The summed E-state index contributed by atoms with van der Waals surface area (Å²) in [6.45, 7) is -0.322. The van der Waals surface area contributed by atoms with E-state index in [2.05, 4.69) is 10.4 Å². The van der Waals surface area contributed by atoms with Crippen LogP contribution < -0.4 is 22.2 Å². The van der Waals surface area contributed by atoms with Gasteiger partial charge in [0.05, 0.1) is 11.4 Å². The van der Waals surface area contributed by atoms with Crippen LogP contribution in [0, 0.1) is 0 Å². The monoisotopic (exact) mass is 294 g/mol. The second-order valence-electron chi connectivity index (χ2n) is 4.01. The van der Waals surface area contributed by atoms with Gasteiger partial charge in [-0.15, -0.1) is 0 Å². The number of anilines is 2. The summed E-state index contributed by atoms with van der Waals surface area (Å²) in [4.78, 5) is 34.3. The van der Waals surface area contributed by atoms with E-state index in [1.54, 1.807) is 12.1 Å². The highest BCUT2D eigenvalue weighted by atomic mass is 35.5. The third-order valence-electron chi connectivity index (χ3n) is 2.48. The van der Waals surface area contributed by atoms with Crippen LogP contribution in [0.1, 0.15) is 0 Å². The molecule has 0 aliphatic heterocycles. The fraction of sp³-hybridized carbons (Fsp3) is 0.0833. The molecule has 0 aliphatic rings. The second kappa shape index (κ2) is 5.62. The zero-order valence-electron chi connectivity index (χ0n) is 10.2. The number of nitrogen functional groups attached to an aromatic ring is 1. The number of nitrogens with zero attached hydrogens (tertiary/aromatic N) is 1. The summed E-state index contributed by atoms with van der Waals surface area (Å²) in [5, 5.41) is 5.23. The Morgan fingerprint density at radius 1 is 1.30 bits per heavy atom. The van der Waals surface area contributed by atoms with Crippen molar-refractivity contribution in [1.29, 1.82) is 0 Å².